The van der Waals surface area contributed by atoms with Gasteiger partial charge in [-0.1, -0.05) is 37.3 Å². The quantitative estimate of drug-likeness (QED) is 0.790. The van der Waals surface area contributed by atoms with Gasteiger partial charge in [0.2, 0.25) is 0 Å². The number of amides is 3. The number of carbonyl (C=O) groups excluding carboxylic acids is 2. The van der Waals surface area contributed by atoms with Crippen LogP contribution in [0.3, 0.4) is 0 Å². The van der Waals surface area contributed by atoms with Crippen molar-refractivity contribution in [3.63, 3.8) is 0 Å². The Bertz CT molecular complexity index is 807. The first kappa shape index (κ1) is 17.2. The van der Waals surface area contributed by atoms with Crippen molar-refractivity contribution in [2.45, 2.75) is 31.9 Å². The normalized spacial score (nSPS) is 21.5. The molecule has 2 N–H and O–H groups in total. The Morgan fingerprint density at radius 2 is 1.92 bits per heavy atom. The highest BCUT2D eigenvalue weighted by atomic mass is 16.5. The number of hydrogen-bond donors (Lipinski definition) is 2. The number of benzene rings is 2. The molecule has 0 aliphatic carbocycles. The lowest BCUT2D eigenvalue weighted by molar-refractivity contribution is -0.132. The minimum absolute atomic E-state index is 0.00175. The van der Waals surface area contributed by atoms with Crippen molar-refractivity contribution in [2.75, 3.05) is 13.2 Å². The second-order valence-electron chi connectivity index (χ2n) is 6.51. The average molecular weight is 342 g/mol. The van der Waals surface area contributed by atoms with E-state index < -0.39 is 17.7 Å². The molecule has 1 aliphatic heterocycles. The minimum atomic E-state index is -0.958. The number of fused-ring (bicyclic) bond motifs is 1. The smallest absolute Gasteiger partial charge is 0.325 e. The van der Waals surface area contributed by atoms with E-state index in [9.17, 15) is 14.7 Å². The molecule has 132 valence electrons. The number of aliphatic hydroxyl groups is 1. The van der Waals surface area contributed by atoms with Crippen molar-refractivity contribution in [3.8, 4) is 5.75 Å². The van der Waals surface area contributed by atoms with Gasteiger partial charge in [0.1, 0.15) is 24.0 Å². The topological polar surface area (TPSA) is 78.9 Å². The Balaban J connectivity index is 1.60. The van der Waals surface area contributed by atoms with Crippen LogP contribution in [0.2, 0.25) is 0 Å². The number of ether oxygens (including phenoxy) is 1. The molecule has 25 heavy (non-hydrogen) atoms. The first-order valence-electron chi connectivity index (χ1n) is 8.37. The predicted molar refractivity (Wildman–Crippen MR) is 94.4 cm³/mol. The molecule has 1 aliphatic rings. The fourth-order valence-corrected chi connectivity index (χ4v) is 2.87. The van der Waals surface area contributed by atoms with Crippen molar-refractivity contribution >= 4 is 22.7 Å². The van der Waals surface area contributed by atoms with E-state index in [-0.39, 0.29) is 19.1 Å². The van der Waals surface area contributed by atoms with Gasteiger partial charge in [0.15, 0.2) is 0 Å². The van der Waals surface area contributed by atoms with Gasteiger partial charge in [-0.25, -0.2) is 4.79 Å². The van der Waals surface area contributed by atoms with E-state index in [1.807, 2.05) is 49.4 Å². The molecule has 0 aromatic heterocycles. The summed E-state index contributed by atoms with van der Waals surface area (Å²) in [6.45, 7) is 3.43. The summed E-state index contributed by atoms with van der Waals surface area (Å²) in [5.74, 6) is 0.318. The fraction of sp³-hybridized carbons (Fsp3) is 0.368. The van der Waals surface area contributed by atoms with E-state index in [1.54, 1.807) is 6.92 Å². The van der Waals surface area contributed by atoms with Crippen molar-refractivity contribution in [1.29, 1.82) is 0 Å². The lowest BCUT2D eigenvalue weighted by Gasteiger charge is -2.21. The SMILES string of the molecule is CC[C@@]1(C)NC(=O)N(C[C@H](O)COc2ccc3ccccc3c2)C1=O. The first-order chi connectivity index (χ1) is 11.9. The summed E-state index contributed by atoms with van der Waals surface area (Å²) >= 11 is 0. The molecule has 3 rings (SSSR count). The van der Waals surface area contributed by atoms with Gasteiger partial charge >= 0.3 is 6.03 Å². The number of nitrogens with zero attached hydrogens (tertiary/aromatic N) is 1. The molecular formula is C19H22N2O4. The molecule has 6 heteroatoms. The van der Waals surface area contributed by atoms with Gasteiger partial charge in [-0.2, -0.15) is 0 Å². The molecule has 0 spiro atoms. The van der Waals surface area contributed by atoms with Gasteiger partial charge in [-0.15, -0.1) is 0 Å². The van der Waals surface area contributed by atoms with Crippen molar-refractivity contribution < 1.29 is 19.4 Å². The zero-order valence-corrected chi connectivity index (χ0v) is 14.4. The van der Waals surface area contributed by atoms with Crippen LogP contribution in [-0.4, -0.2) is 46.7 Å². The summed E-state index contributed by atoms with van der Waals surface area (Å²) in [4.78, 5) is 25.3. The second-order valence-corrected chi connectivity index (χ2v) is 6.51. The van der Waals surface area contributed by atoms with E-state index in [0.717, 1.165) is 15.7 Å². The monoisotopic (exact) mass is 342 g/mol. The zero-order chi connectivity index (χ0) is 18.0. The number of urea groups is 1. The fourth-order valence-electron chi connectivity index (χ4n) is 2.87. The summed E-state index contributed by atoms with van der Waals surface area (Å²) in [5, 5.41) is 15.0. The lowest BCUT2D eigenvalue weighted by Crippen LogP contribution is -2.44. The molecule has 3 amide bonds. The van der Waals surface area contributed by atoms with Gasteiger partial charge in [0.05, 0.1) is 6.54 Å². The van der Waals surface area contributed by atoms with Crippen LogP contribution in [0.1, 0.15) is 20.3 Å². The summed E-state index contributed by atoms with van der Waals surface area (Å²) in [6.07, 6.45) is -0.460. The zero-order valence-electron chi connectivity index (χ0n) is 14.4. The Kier molecular flexibility index (Phi) is 4.63. The van der Waals surface area contributed by atoms with Crippen molar-refractivity contribution in [1.82, 2.24) is 10.2 Å². The summed E-state index contributed by atoms with van der Waals surface area (Å²) in [6, 6.07) is 13.1. The Hall–Kier alpha value is -2.60. The molecule has 0 unspecified atom stereocenters. The third-order valence-corrected chi connectivity index (χ3v) is 4.61. The molecule has 1 saturated heterocycles. The van der Waals surface area contributed by atoms with Crippen LogP contribution in [0.25, 0.3) is 10.8 Å². The van der Waals surface area contributed by atoms with E-state index >= 15 is 0 Å². The standard InChI is InChI=1S/C19H22N2O4/c1-3-19(2)17(23)21(18(24)20-19)11-15(22)12-25-16-9-8-13-6-4-5-7-14(13)10-16/h4-10,15,22H,3,11-12H2,1-2H3,(H,20,24)/t15-,19+/m0/s1. The number of hydrogen-bond acceptors (Lipinski definition) is 4. The average Bonchev–Trinajstić information content (AvgIpc) is 2.83. The molecule has 2 atom stereocenters. The van der Waals surface area contributed by atoms with Crippen molar-refractivity contribution in [2.24, 2.45) is 0 Å². The number of β-amino-alcohol motifs (C(OH)–C–C–N with tert-alkyl or cyclic N) is 1. The van der Waals surface area contributed by atoms with Crippen LogP contribution in [0.5, 0.6) is 5.75 Å². The molecule has 0 saturated carbocycles. The van der Waals surface area contributed by atoms with Crippen LogP contribution >= 0.6 is 0 Å². The number of aliphatic hydroxyl groups excluding tert-OH is 1. The maximum atomic E-state index is 12.3. The number of nitrogens with one attached hydrogen (secondary N) is 1. The van der Waals surface area contributed by atoms with Gasteiger partial charge < -0.3 is 15.2 Å². The van der Waals surface area contributed by atoms with Crippen LogP contribution in [0, 0.1) is 0 Å². The maximum absolute atomic E-state index is 12.3. The Labute approximate surface area is 146 Å². The van der Waals surface area contributed by atoms with E-state index in [0.29, 0.717) is 12.2 Å². The number of carbonyl (C=O) groups is 2. The lowest BCUT2D eigenvalue weighted by atomic mass is 9.99. The molecule has 6 nitrogen and oxygen atoms in total. The highest BCUT2D eigenvalue weighted by molar-refractivity contribution is 6.06. The number of imide groups is 1. The molecule has 0 bridgehead atoms. The van der Waals surface area contributed by atoms with Gasteiger partial charge in [0.25, 0.3) is 5.91 Å². The second kappa shape index (κ2) is 6.72. The number of rotatable bonds is 6. The third-order valence-electron chi connectivity index (χ3n) is 4.61. The van der Waals surface area contributed by atoms with E-state index in [1.165, 1.54) is 0 Å². The molecule has 2 aromatic carbocycles. The Morgan fingerprint density at radius 1 is 1.20 bits per heavy atom. The van der Waals surface area contributed by atoms with Gasteiger partial charge in [-0.3, -0.25) is 9.69 Å². The summed E-state index contributed by atoms with van der Waals surface area (Å²) in [5.41, 5.74) is -0.893. The summed E-state index contributed by atoms with van der Waals surface area (Å²) < 4.78 is 5.62. The molecule has 0 radical (unpaired) electrons. The van der Waals surface area contributed by atoms with E-state index in [4.69, 9.17) is 4.74 Å². The predicted octanol–water partition coefficient (Wildman–Crippen LogP) is 2.30. The molecular weight excluding hydrogens is 320 g/mol. The molecule has 1 fully saturated rings. The highest BCUT2D eigenvalue weighted by Crippen LogP contribution is 2.22. The maximum Gasteiger partial charge on any atom is 0.325 e. The molecule has 2 aromatic rings. The van der Waals surface area contributed by atoms with Crippen LogP contribution in [0.4, 0.5) is 4.79 Å². The Morgan fingerprint density at radius 3 is 2.60 bits per heavy atom. The van der Waals surface area contributed by atoms with Gasteiger partial charge in [0, 0.05) is 0 Å². The van der Waals surface area contributed by atoms with Crippen LogP contribution < -0.4 is 10.1 Å². The van der Waals surface area contributed by atoms with Crippen LogP contribution in [0.15, 0.2) is 42.5 Å². The first-order valence-corrected chi connectivity index (χ1v) is 8.37. The highest BCUT2D eigenvalue weighted by Gasteiger charge is 2.46. The van der Waals surface area contributed by atoms with E-state index in [2.05, 4.69) is 5.32 Å². The summed E-state index contributed by atoms with van der Waals surface area (Å²) in [7, 11) is 0. The largest absolute Gasteiger partial charge is 0.491 e. The van der Waals surface area contributed by atoms with Crippen LogP contribution in [-0.2, 0) is 4.79 Å². The third kappa shape index (κ3) is 3.44. The molecule has 1 heterocycles. The van der Waals surface area contributed by atoms with Crippen molar-refractivity contribution in [3.05, 3.63) is 42.5 Å². The minimum Gasteiger partial charge on any atom is -0.491 e. The van der Waals surface area contributed by atoms with Gasteiger partial charge in [-0.05, 0) is 36.2 Å².